The minimum atomic E-state index is -4.58. The first-order valence-corrected chi connectivity index (χ1v) is 9.99. The summed E-state index contributed by atoms with van der Waals surface area (Å²) in [6, 6.07) is 7.93. The topological polar surface area (TPSA) is 67.2 Å². The lowest BCUT2D eigenvalue weighted by Gasteiger charge is -2.35. The molecule has 2 heterocycles. The number of aryl methyl sites for hydroxylation is 1. The molecular weight excluding hydrogens is 397 g/mol. The number of aromatic nitrogens is 2. The summed E-state index contributed by atoms with van der Waals surface area (Å²) in [5, 5.41) is 6.90. The van der Waals surface area contributed by atoms with Gasteiger partial charge in [-0.3, -0.25) is 14.5 Å². The zero-order valence-corrected chi connectivity index (χ0v) is 16.8. The smallest absolute Gasteiger partial charge is 0.350 e. The molecule has 1 atom stereocenters. The first-order valence-electron chi connectivity index (χ1n) is 9.99. The maximum atomic E-state index is 13.2. The van der Waals surface area contributed by atoms with Crippen LogP contribution in [0.3, 0.4) is 0 Å². The highest BCUT2D eigenvalue weighted by atomic mass is 19.4. The van der Waals surface area contributed by atoms with Gasteiger partial charge < -0.3 is 5.32 Å². The summed E-state index contributed by atoms with van der Waals surface area (Å²) in [5.74, 6) is -0.731. The Labute approximate surface area is 172 Å². The van der Waals surface area contributed by atoms with E-state index >= 15 is 0 Å². The van der Waals surface area contributed by atoms with E-state index in [0.29, 0.717) is 13.1 Å². The highest BCUT2D eigenvalue weighted by Gasteiger charge is 2.35. The molecule has 1 unspecified atom stereocenters. The summed E-state index contributed by atoms with van der Waals surface area (Å²) in [4.78, 5) is 26.5. The quantitative estimate of drug-likeness (QED) is 0.778. The number of nitrogens with one attached hydrogen (secondary N) is 1. The molecular formula is C21H25F3N4O2. The van der Waals surface area contributed by atoms with Crippen molar-refractivity contribution in [3.63, 3.8) is 0 Å². The molecule has 1 aliphatic heterocycles. The second-order valence-corrected chi connectivity index (χ2v) is 7.48. The van der Waals surface area contributed by atoms with E-state index in [1.807, 2.05) is 6.92 Å². The Balaban J connectivity index is 1.63. The van der Waals surface area contributed by atoms with Crippen molar-refractivity contribution in [2.45, 2.75) is 44.9 Å². The van der Waals surface area contributed by atoms with E-state index in [1.165, 1.54) is 28.9 Å². The first-order chi connectivity index (χ1) is 14.3. The van der Waals surface area contributed by atoms with Gasteiger partial charge in [0.25, 0.3) is 11.5 Å². The van der Waals surface area contributed by atoms with E-state index in [4.69, 9.17) is 0 Å². The molecule has 1 aromatic heterocycles. The summed E-state index contributed by atoms with van der Waals surface area (Å²) >= 11 is 0. The minimum Gasteiger partial charge on any atom is -0.350 e. The Morgan fingerprint density at radius 2 is 1.93 bits per heavy atom. The number of piperidine rings is 1. The molecule has 1 saturated heterocycles. The maximum Gasteiger partial charge on any atom is 0.417 e. The molecule has 9 heteroatoms. The van der Waals surface area contributed by atoms with E-state index in [0.717, 1.165) is 37.6 Å². The molecule has 3 rings (SSSR count). The van der Waals surface area contributed by atoms with Crippen LogP contribution in [0.15, 0.2) is 41.2 Å². The number of rotatable bonds is 6. The SMILES string of the molecule is Cc1ccc(=O)n(CCN2CCCCC2CNC(=O)c2ccccc2C(F)(F)F)n1. The van der Waals surface area contributed by atoms with Crippen LogP contribution in [0.1, 0.15) is 40.9 Å². The van der Waals surface area contributed by atoms with Gasteiger partial charge in [0, 0.05) is 25.2 Å². The third-order valence-corrected chi connectivity index (χ3v) is 5.32. The highest BCUT2D eigenvalue weighted by molar-refractivity contribution is 5.95. The van der Waals surface area contributed by atoms with Crippen LogP contribution < -0.4 is 10.9 Å². The molecule has 1 amide bonds. The fraction of sp³-hybridized carbons (Fsp3) is 0.476. The summed E-state index contributed by atoms with van der Waals surface area (Å²) in [5.41, 5.74) is -0.734. The lowest BCUT2D eigenvalue weighted by atomic mass is 10.0. The number of nitrogens with zero attached hydrogens (tertiary/aromatic N) is 3. The molecule has 0 bridgehead atoms. The van der Waals surface area contributed by atoms with Gasteiger partial charge >= 0.3 is 6.18 Å². The molecule has 1 fully saturated rings. The summed E-state index contributed by atoms with van der Waals surface area (Å²) in [6.07, 6.45) is -1.77. The van der Waals surface area contributed by atoms with Crippen molar-refractivity contribution in [2.75, 3.05) is 19.6 Å². The highest BCUT2D eigenvalue weighted by Crippen LogP contribution is 2.31. The lowest BCUT2D eigenvalue weighted by Crippen LogP contribution is -2.48. The van der Waals surface area contributed by atoms with Gasteiger partial charge in [-0.2, -0.15) is 18.3 Å². The fourth-order valence-corrected chi connectivity index (χ4v) is 3.75. The normalized spacial score (nSPS) is 17.7. The third-order valence-electron chi connectivity index (χ3n) is 5.32. The molecule has 6 nitrogen and oxygen atoms in total. The van der Waals surface area contributed by atoms with Crippen molar-refractivity contribution >= 4 is 5.91 Å². The number of hydrogen-bond donors (Lipinski definition) is 1. The average molecular weight is 422 g/mol. The Hall–Kier alpha value is -2.68. The molecule has 30 heavy (non-hydrogen) atoms. The van der Waals surface area contributed by atoms with Gasteiger partial charge in [0.2, 0.25) is 0 Å². The van der Waals surface area contributed by atoms with Crippen LogP contribution in [-0.4, -0.2) is 46.3 Å². The van der Waals surface area contributed by atoms with Gasteiger partial charge in [-0.15, -0.1) is 0 Å². The lowest BCUT2D eigenvalue weighted by molar-refractivity contribution is -0.137. The number of halogens is 3. The second kappa shape index (κ2) is 9.42. The number of hydrogen-bond acceptors (Lipinski definition) is 4. The molecule has 1 aliphatic rings. The van der Waals surface area contributed by atoms with Gasteiger partial charge in [0.05, 0.1) is 23.4 Å². The largest absolute Gasteiger partial charge is 0.417 e. The Bertz CT molecular complexity index is 942. The average Bonchev–Trinajstić information content (AvgIpc) is 2.72. The van der Waals surface area contributed by atoms with Crippen molar-refractivity contribution in [3.05, 3.63) is 63.6 Å². The van der Waals surface area contributed by atoms with Gasteiger partial charge in [-0.1, -0.05) is 18.6 Å². The van der Waals surface area contributed by atoms with E-state index in [-0.39, 0.29) is 23.7 Å². The van der Waals surface area contributed by atoms with Crippen molar-refractivity contribution in [1.82, 2.24) is 20.0 Å². The van der Waals surface area contributed by atoms with Gasteiger partial charge in [-0.25, -0.2) is 4.68 Å². The van der Waals surface area contributed by atoms with E-state index < -0.39 is 17.6 Å². The maximum absolute atomic E-state index is 13.2. The molecule has 0 radical (unpaired) electrons. The predicted molar refractivity (Wildman–Crippen MR) is 106 cm³/mol. The molecule has 1 N–H and O–H groups in total. The van der Waals surface area contributed by atoms with Crippen LogP contribution in [0.5, 0.6) is 0 Å². The standard InChI is InChI=1S/C21H25F3N4O2/c1-15-9-10-19(29)28(26-15)13-12-27-11-5-4-6-16(27)14-25-20(30)17-7-2-3-8-18(17)21(22,23)24/h2-3,7-10,16H,4-6,11-14H2,1H3,(H,25,30). The Morgan fingerprint density at radius 3 is 2.70 bits per heavy atom. The number of likely N-dealkylation sites (tertiary alicyclic amines) is 1. The summed E-state index contributed by atoms with van der Waals surface area (Å²) in [6.45, 7) is 3.87. The van der Waals surface area contributed by atoms with Crippen LogP contribution in [0, 0.1) is 6.92 Å². The summed E-state index contributed by atoms with van der Waals surface area (Å²) in [7, 11) is 0. The van der Waals surface area contributed by atoms with Crippen molar-refractivity contribution in [2.24, 2.45) is 0 Å². The number of benzene rings is 1. The van der Waals surface area contributed by atoms with Gasteiger partial charge in [0.1, 0.15) is 0 Å². The molecule has 162 valence electrons. The molecule has 2 aromatic rings. The monoisotopic (exact) mass is 422 g/mol. The van der Waals surface area contributed by atoms with E-state index in [2.05, 4.69) is 15.3 Å². The van der Waals surface area contributed by atoms with Crippen LogP contribution in [0.4, 0.5) is 13.2 Å². The third kappa shape index (κ3) is 5.47. The predicted octanol–water partition coefficient (Wildman–Crippen LogP) is 2.86. The van der Waals surface area contributed by atoms with Crippen molar-refractivity contribution < 1.29 is 18.0 Å². The molecule has 0 spiro atoms. The Kier molecular flexibility index (Phi) is 6.91. The van der Waals surface area contributed by atoms with Crippen molar-refractivity contribution in [1.29, 1.82) is 0 Å². The van der Waals surface area contributed by atoms with Crippen LogP contribution in [0.25, 0.3) is 0 Å². The number of carbonyl (C=O) groups excluding carboxylic acids is 1. The summed E-state index contributed by atoms with van der Waals surface area (Å²) < 4.78 is 40.9. The van der Waals surface area contributed by atoms with Gasteiger partial charge in [0.15, 0.2) is 0 Å². The zero-order chi connectivity index (χ0) is 21.7. The second-order valence-electron chi connectivity index (χ2n) is 7.48. The molecule has 0 aliphatic carbocycles. The van der Waals surface area contributed by atoms with E-state index in [1.54, 1.807) is 6.07 Å². The number of carbonyl (C=O) groups is 1. The first kappa shape index (κ1) is 22.0. The molecule has 0 saturated carbocycles. The van der Waals surface area contributed by atoms with Crippen molar-refractivity contribution in [3.8, 4) is 0 Å². The van der Waals surface area contributed by atoms with Crippen LogP contribution in [0.2, 0.25) is 0 Å². The molecule has 1 aromatic carbocycles. The fourth-order valence-electron chi connectivity index (χ4n) is 3.75. The Morgan fingerprint density at radius 1 is 1.17 bits per heavy atom. The van der Waals surface area contributed by atoms with Crippen LogP contribution in [-0.2, 0) is 12.7 Å². The van der Waals surface area contributed by atoms with Gasteiger partial charge in [-0.05, 0) is 44.5 Å². The zero-order valence-electron chi connectivity index (χ0n) is 16.8. The number of amides is 1. The van der Waals surface area contributed by atoms with E-state index in [9.17, 15) is 22.8 Å². The van der Waals surface area contributed by atoms with Crippen LogP contribution >= 0.6 is 0 Å². The number of alkyl halides is 3. The minimum absolute atomic E-state index is 0.00117.